The summed E-state index contributed by atoms with van der Waals surface area (Å²) in [5, 5.41) is 9.57. The Morgan fingerprint density at radius 1 is 1.16 bits per heavy atom. The number of hydrogen-bond donors (Lipinski definition) is 1. The smallest absolute Gasteiger partial charge is 0.253 e. The fraction of sp³-hybridized carbons (Fsp3) is 0.300. The van der Waals surface area contributed by atoms with E-state index in [1.807, 2.05) is 6.92 Å². The highest BCUT2D eigenvalue weighted by molar-refractivity contribution is 5.45. The van der Waals surface area contributed by atoms with Gasteiger partial charge < -0.3 is 9.88 Å². The predicted molar refractivity (Wildman–Crippen MR) is 57.1 cm³/mol. The standard InChI is InChI=1S/C10H9F4N5/c1-2-19-4-16-18-5(19)3-15-8-6(11)9(13)17-10(14)7(8)12/h4H,2-3H2,1H3,(H,15,17). The fourth-order valence-electron chi connectivity index (χ4n) is 1.49. The summed E-state index contributed by atoms with van der Waals surface area (Å²) in [7, 11) is 0. The van der Waals surface area contributed by atoms with Gasteiger partial charge in [0.2, 0.25) is 11.6 Å². The second-order valence-corrected chi connectivity index (χ2v) is 3.58. The predicted octanol–water partition coefficient (Wildman–Crippen LogP) is 1.86. The van der Waals surface area contributed by atoms with Crippen molar-refractivity contribution in [1.29, 1.82) is 0 Å². The molecule has 2 aromatic heterocycles. The maximum absolute atomic E-state index is 13.3. The van der Waals surface area contributed by atoms with Crippen LogP contribution in [0.25, 0.3) is 0 Å². The molecule has 0 radical (unpaired) electrons. The number of hydrogen-bond acceptors (Lipinski definition) is 4. The Hall–Kier alpha value is -2.19. The summed E-state index contributed by atoms with van der Waals surface area (Å²) in [6.45, 7) is 2.23. The molecular weight excluding hydrogens is 266 g/mol. The van der Waals surface area contributed by atoms with Gasteiger partial charge in [-0.05, 0) is 6.92 Å². The summed E-state index contributed by atoms with van der Waals surface area (Å²) in [4.78, 5) is 2.46. The van der Waals surface area contributed by atoms with Crippen LogP contribution in [0.4, 0.5) is 23.2 Å². The number of pyridine rings is 1. The van der Waals surface area contributed by atoms with Gasteiger partial charge >= 0.3 is 0 Å². The van der Waals surface area contributed by atoms with Crippen LogP contribution in [0, 0.1) is 23.5 Å². The molecule has 0 amide bonds. The molecule has 2 aromatic rings. The Kier molecular flexibility index (Phi) is 3.63. The minimum absolute atomic E-state index is 0.134. The number of nitrogens with zero attached hydrogens (tertiary/aromatic N) is 4. The summed E-state index contributed by atoms with van der Waals surface area (Å²) in [5.41, 5.74) is -0.921. The SMILES string of the molecule is CCn1cnnc1CNc1c(F)c(F)nc(F)c1F. The van der Waals surface area contributed by atoms with Gasteiger partial charge in [-0.15, -0.1) is 10.2 Å². The highest BCUT2D eigenvalue weighted by Gasteiger charge is 2.20. The van der Waals surface area contributed by atoms with Crippen LogP contribution < -0.4 is 5.32 Å². The first-order valence-electron chi connectivity index (χ1n) is 5.35. The van der Waals surface area contributed by atoms with Crippen molar-refractivity contribution in [2.75, 3.05) is 5.32 Å². The van der Waals surface area contributed by atoms with Crippen LogP contribution in [0.1, 0.15) is 12.7 Å². The molecule has 0 spiro atoms. The Morgan fingerprint density at radius 2 is 1.79 bits per heavy atom. The topological polar surface area (TPSA) is 55.6 Å². The minimum atomic E-state index is -1.71. The molecule has 0 aliphatic rings. The second kappa shape index (κ2) is 5.21. The first-order chi connectivity index (χ1) is 9.04. The molecule has 102 valence electrons. The third-order valence-electron chi connectivity index (χ3n) is 2.46. The van der Waals surface area contributed by atoms with Crippen molar-refractivity contribution < 1.29 is 17.6 Å². The molecule has 0 fully saturated rings. The van der Waals surface area contributed by atoms with Gasteiger partial charge in [0.15, 0.2) is 5.82 Å². The maximum Gasteiger partial charge on any atom is 0.253 e. The number of nitrogens with one attached hydrogen (secondary N) is 1. The van der Waals surface area contributed by atoms with Crippen LogP contribution in [-0.4, -0.2) is 19.7 Å². The van der Waals surface area contributed by atoms with Gasteiger partial charge in [0, 0.05) is 6.54 Å². The quantitative estimate of drug-likeness (QED) is 0.683. The fourth-order valence-corrected chi connectivity index (χ4v) is 1.49. The molecule has 0 saturated carbocycles. The van der Waals surface area contributed by atoms with E-state index < -0.39 is 29.2 Å². The van der Waals surface area contributed by atoms with Crippen LogP contribution in [0.15, 0.2) is 6.33 Å². The molecule has 5 nitrogen and oxygen atoms in total. The summed E-state index contributed by atoms with van der Waals surface area (Å²) in [6, 6.07) is 0. The zero-order valence-corrected chi connectivity index (χ0v) is 9.79. The Bertz CT molecular complexity index is 572. The van der Waals surface area contributed by atoms with Crippen LogP contribution in [0.2, 0.25) is 0 Å². The van der Waals surface area contributed by atoms with E-state index in [0.717, 1.165) is 0 Å². The first-order valence-corrected chi connectivity index (χ1v) is 5.35. The Labute approximate surface area is 105 Å². The normalized spacial score (nSPS) is 10.8. The van der Waals surface area contributed by atoms with E-state index in [2.05, 4.69) is 20.5 Å². The van der Waals surface area contributed by atoms with Gasteiger partial charge in [-0.1, -0.05) is 0 Å². The number of aromatic nitrogens is 4. The van der Waals surface area contributed by atoms with Crippen molar-refractivity contribution in [3.63, 3.8) is 0 Å². The lowest BCUT2D eigenvalue weighted by molar-refractivity contribution is 0.410. The number of aryl methyl sites for hydroxylation is 1. The van der Waals surface area contributed by atoms with Gasteiger partial charge in [-0.2, -0.15) is 22.5 Å². The molecule has 0 aromatic carbocycles. The van der Waals surface area contributed by atoms with Crippen molar-refractivity contribution in [3.05, 3.63) is 35.7 Å². The van der Waals surface area contributed by atoms with Gasteiger partial charge in [0.05, 0.1) is 6.54 Å². The summed E-state index contributed by atoms with van der Waals surface area (Å²) >= 11 is 0. The van der Waals surface area contributed by atoms with E-state index in [-0.39, 0.29) is 6.54 Å². The highest BCUT2D eigenvalue weighted by Crippen LogP contribution is 2.22. The van der Waals surface area contributed by atoms with E-state index >= 15 is 0 Å². The van der Waals surface area contributed by atoms with Gasteiger partial charge in [-0.3, -0.25) is 0 Å². The molecule has 0 aliphatic carbocycles. The minimum Gasteiger partial charge on any atom is -0.373 e. The number of rotatable bonds is 4. The molecule has 9 heteroatoms. The van der Waals surface area contributed by atoms with Gasteiger partial charge in [0.1, 0.15) is 12.0 Å². The summed E-state index contributed by atoms with van der Waals surface area (Å²) < 4.78 is 53.9. The van der Waals surface area contributed by atoms with E-state index in [1.54, 1.807) is 4.57 Å². The van der Waals surface area contributed by atoms with Crippen LogP contribution >= 0.6 is 0 Å². The van der Waals surface area contributed by atoms with E-state index in [4.69, 9.17) is 0 Å². The van der Waals surface area contributed by atoms with E-state index in [1.165, 1.54) is 6.33 Å². The van der Waals surface area contributed by atoms with Crippen molar-refractivity contribution >= 4 is 5.69 Å². The molecule has 1 N–H and O–H groups in total. The molecule has 19 heavy (non-hydrogen) atoms. The third-order valence-corrected chi connectivity index (χ3v) is 2.46. The summed E-state index contributed by atoms with van der Waals surface area (Å²) in [5.74, 6) is -6.21. The van der Waals surface area contributed by atoms with Gasteiger partial charge in [0.25, 0.3) is 11.9 Å². The second-order valence-electron chi connectivity index (χ2n) is 3.58. The third kappa shape index (κ3) is 2.49. The number of halogens is 4. The average molecular weight is 275 g/mol. The highest BCUT2D eigenvalue weighted by atomic mass is 19.2. The molecule has 0 bridgehead atoms. The van der Waals surface area contributed by atoms with Crippen LogP contribution in [0.5, 0.6) is 0 Å². The molecule has 0 saturated heterocycles. The molecule has 0 aliphatic heterocycles. The van der Waals surface area contributed by atoms with Crippen LogP contribution in [0.3, 0.4) is 0 Å². The van der Waals surface area contributed by atoms with Crippen LogP contribution in [-0.2, 0) is 13.1 Å². The maximum atomic E-state index is 13.3. The molecule has 0 atom stereocenters. The average Bonchev–Trinajstić information content (AvgIpc) is 2.84. The van der Waals surface area contributed by atoms with Crippen molar-refractivity contribution in [3.8, 4) is 0 Å². The van der Waals surface area contributed by atoms with Crippen molar-refractivity contribution in [1.82, 2.24) is 19.7 Å². The monoisotopic (exact) mass is 275 g/mol. The largest absolute Gasteiger partial charge is 0.373 e. The molecule has 2 heterocycles. The van der Waals surface area contributed by atoms with Crippen molar-refractivity contribution in [2.24, 2.45) is 0 Å². The lowest BCUT2D eigenvalue weighted by Gasteiger charge is -2.09. The zero-order chi connectivity index (χ0) is 14.0. The molecule has 2 rings (SSSR count). The van der Waals surface area contributed by atoms with E-state index in [9.17, 15) is 17.6 Å². The lowest BCUT2D eigenvalue weighted by atomic mass is 10.3. The molecule has 0 unspecified atom stereocenters. The van der Waals surface area contributed by atoms with Gasteiger partial charge in [-0.25, -0.2) is 0 Å². The van der Waals surface area contributed by atoms with E-state index in [0.29, 0.717) is 12.4 Å². The number of anilines is 1. The molecular formula is C10H9F4N5. The zero-order valence-electron chi connectivity index (χ0n) is 9.79. The first kappa shape index (κ1) is 13.2. The van der Waals surface area contributed by atoms with Crippen molar-refractivity contribution in [2.45, 2.75) is 20.0 Å². The summed E-state index contributed by atoms with van der Waals surface area (Å²) in [6.07, 6.45) is 1.43. The Morgan fingerprint density at radius 3 is 2.37 bits per heavy atom. The Balaban J connectivity index is 2.25. The lowest BCUT2D eigenvalue weighted by Crippen LogP contribution is -2.12.